The van der Waals surface area contributed by atoms with Crippen LogP contribution in [0.25, 0.3) is 0 Å². The summed E-state index contributed by atoms with van der Waals surface area (Å²) in [5.74, 6) is -21.9. The van der Waals surface area contributed by atoms with E-state index in [9.17, 15) is 79.4 Å². The molecule has 0 aromatic rings. The van der Waals surface area contributed by atoms with Crippen LogP contribution in [0.15, 0.2) is 0 Å². The molecule has 1 N–H and O–H groups in total. The number of rotatable bonds is 4. The summed E-state index contributed by atoms with van der Waals surface area (Å²) >= 11 is 0. The predicted molar refractivity (Wildman–Crippen MR) is 48.0 cm³/mol. The number of aliphatic carboxylic acids is 1. The minimum Gasteiger partial charge on any atom is -0.477 e. The summed E-state index contributed by atoms with van der Waals surface area (Å²) in [6, 6.07) is 0. The van der Waals surface area contributed by atoms with Gasteiger partial charge in [-0.05, 0) is 0 Å². The van der Waals surface area contributed by atoms with Crippen molar-refractivity contribution in [3.63, 3.8) is 0 Å². The van der Waals surface area contributed by atoms with Gasteiger partial charge in [-0.15, -0.1) is 0 Å². The zero-order chi connectivity index (χ0) is 23.6. The highest BCUT2D eigenvalue weighted by Gasteiger charge is 3.02. The van der Waals surface area contributed by atoms with Crippen molar-refractivity contribution in [2.75, 3.05) is 0 Å². The molecule has 2 nitrogen and oxygen atoms in total. The summed E-state index contributed by atoms with van der Waals surface area (Å²) in [4.78, 5) is 9.97. The Morgan fingerprint density at radius 2 is 0.750 bits per heavy atom. The first-order chi connectivity index (χ1) is 11.7. The van der Waals surface area contributed by atoms with Crippen molar-refractivity contribution in [1.82, 2.24) is 0 Å². The molecule has 0 bridgehead atoms. The lowest BCUT2D eigenvalue weighted by molar-refractivity contribution is -0.509. The van der Waals surface area contributed by atoms with E-state index in [0.717, 1.165) is 0 Å². The summed E-state index contributed by atoms with van der Waals surface area (Å²) in [5, 5.41) is 7.71. The quantitative estimate of drug-likeness (QED) is 0.575. The van der Waals surface area contributed by atoms with Gasteiger partial charge in [-0.25, -0.2) is 18.0 Å². The van der Waals surface area contributed by atoms with Crippen LogP contribution in [-0.2, 0) is 4.79 Å². The highest BCUT2D eigenvalue weighted by atomic mass is 19.4. The van der Waals surface area contributed by atoms with Gasteiger partial charge in [-0.2, -0.15) is 61.5 Å². The maximum Gasteiger partial charge on any atom is 0.435 e. The Morgan fingerprint density at radius 3 is 0.893 bits per heavy atom. The molecule has 0 saturated carbocycles. The van der Waals surface area contributed by atoms with Gasteiger partial charge in [0.05, 0.1) is 0 Å². The van der Waals surface area contributed by atoms with Crippen molar-refractivity contribution in [1.29, 1.82) is 0 Å². The van der Waals surface area contributed by atoms with Gasteiger partial charge in [0.15, 0.2) is 0 Å². The molecule has 1 unspecified atom stereocenters. The second kappa shape index (κ2) is 6.14. The monoisotopic (exact) mass is 464 g/mol. The highest BCUT2D eigenvalue weighted by molar-refractivity contribution is 5.78. The van der Waals surface area contributed by atoms with Crippen LogP contribution in [0.5, 0.6) is 0 Å². The molecule has 0 fully saturated rings. The number of alkyl halides is 17. The van der Waals surface area contributed by atoms with Crippen molar-refractivity contribution in [3.05, 3.63) is 0 Å². The van der Waals surface area contributed by atoms with Crippen LogP contribution in [0, 0.1) is 5.41 Å². The first kappa shape index (κ1) is 26.3. The van der Waals surface area contributed by atoms with E-state index in [1.807, 2.05) is 0 Å². The summed E-state index contributed by atoms with van der Waals surface area (Å²) in [5.41, 5.74) is -17.9. The topological polar surface area (TPSA) is 37.3 Å². The maximum absolute atomic E-state index is 13.7. The highest BCUT2D eigenvalue weighted by Crippen LogP contribution is 2.72. The predicted octanol–water partition coefficient (Wildman–Crippen LogP) is 5.29. The smallest absolute Gasteiger partial charge is 0.435 e. The third-order valence-electron chi connectivity index (χ3n) is 3.27. The van der Waals surface area contributed by atoms with E-state index in [2.05, 4.69) is 0 Å². The summed E-state index contributed by atoms with van der Waals surface area (Å²) in [6.45, 7) is 0. The number of hydrogen-bond donors (Lipinski definition) is 1. The Balaban J connectivity index is 7.84. The molecule has 28 heavy (non-hydrogen) atoms. The van der Waals surface area contributed by atoms with E-state index in [4.69, 9.17) is 5.11 Å². The van der Waals surface area contributed by atoms with Crippen molar-refractivity contribution in [2.24, 2.45) is 5.41 Å². The minimum absolute atomic E-state index is 4.73. The van der Waals surface area contributed by atoms with E-state index in [1.54, 1.807) is 0 Å². The summed E-state index contributed by atoms with van der Waals surface area (Å²) in [6.07, 6.45) is -34.2. The molecule has 0 aromatic heterocycles. The molecular weight excluding hydrogens is 463 g/mol. The van der Waals surface area contributed by atoms with Crippen LogP contribution < -0.4 is 0 Å². The van der Waals surface area contributed by atoms with E-state index in [1.165, 1.54) is 0 Å². The van der Waals surface area contributed by atoms with Gasteiger partial charge < -0.3 is 5.11 Å². The second-order valence-corrected chi connectivity index (χ2v) is 4.85. The van der Waals surface area contributed by atoms with Gasteiger partial charge in [0.2, 0.25) is 0 Å². The molecule has 0 heterocycles. The zero-order valence-corrected chi connectivity index (χ0v) is 11.8. The third-order valence-corrected chi connectivity index (χ3v) is 3.27. The first-order valence-corrected chi connectivity index (χ1v) is 5.64. The van der Waals surface area contributed by atoms with Crippen molar-refractivity contribution >= 4 is 5.97 Å². The fourth-order valence-electron chi connectivity index (χ4n) is 1.98. The molecule has 19 heteroatoms. The van der Waals surface area contributed by atoms with Gasteiger partial charge in [0, 0.05) is 0 Å². The fraction of sp³-hybridized carbons (Fsp3) is 0.889. The summed E-state index contributed by atoms with van der Waals surface area (Å²) in [7, 11) is 0. The van der Waals surface area contributed by atoms with Crippen molar-refractivity contribution in [3.8, 4) is 0 Å². The molecule has 0 aliphatic carbocycles. The maximum atomic E-state index is 13.7. The third kappa shape index (κ3) is 2.91. The van der Waals surface area contributed by atoms with Crippen LogP contribution >= 0.6 is 0 Å². The minimum atomic E-state index is -9.23. The lowest BCUT2D eigenvalue weighted by Crippen LogP contribution is -2.80. The molecule has 168 valence electrons. The van der Waals surface area contributed by atoms with Crippen molar-refractivity contribution in [2.45, 2.75) is 42.2 Å². The second-order valence-electron chi connectivity index (χ2n) is 4.85. The molecule has 0 saturated heterocycles. The van der Waals surface area contributed by atoms with Crippen LogP contribution in [0.1, 0.15) is 0 Å². The molecule has 0 aliphatic heterocycles. The number of carboxylic acids is 1. The standard InChI is InChI=1S/C9HF17O2/c10-2(11,1(27)28)4(12,9(24,25)26)5(13,14)3(6(15,16)17,7(18,19)20)8(21,22)23/h(H,27,28). The molecular formula is C9HF17O2. The lowest BCUT2D eigenvalue weighted by Gasteiger charge is -2.49. The summed E-state index contributed by atoms with van der Waals surface area (Å²) < 4.78 is 217. The Labute approximate surface area is 139 Å². The van der Waals surface area contributed by atoms with Gasteiger partial charge in [-0.1, -0.05) is 0 Å². The number of carboxylic acid groups (broad SMARTS) is 1. The van der Waals surface area contributed by atoms with Crippen LogP contribution in [0.3, 0.4) is 0 Å². The fourth-order valence-corrected chi connectivity index (χ4v) is 1.98. The number of hydrogen-bond acceptors (Lipinski definition) is 1. The van der Waals surface area contributed by atoms with Crippen LogP contribution in [-0.4, -0.2) is 53.3 Å². The van der Waals surface area contributed by atoms with Crippen molar-refractivity contribution < 1.29 is 84.5 Å². The first-order valence-electron chi connectivity index (χ1n) is 5.64. The van der Waals surface area contributed by atoms with Crippen LogP contribution in [0.4, 0.5) is 74.6 Å². The number of carbonyl (C=O) groups is 1. The molecule has 0 aliphatic rings. The lowest BCUT2D eigenvalue weighted by atomic mass is 9.69. The van der Waals surface area contributed by atoms with E-state index in [0.29, 0.717) is 0 Å². The van der Waals surface area contributed by atoms with Gasteiger partial charge in [0.25, 0.3) is 0 Å². The van der Waals surface area contributed by atoms with Gasteiger partial charge in [-0.3, -0.25) is 0 Å². The molecule has 0 aromatic carbocycles. The van der Waals surface area contributed by atoms with E-state index < -0.39 is 53.6 Å². The Morgan fingerprint density at radius 1 is 0.500 bits per heavy atom. The molecule has 0 rings (SSSR count). The normalized spacial score (nSPS) is 18.0. The Hall–Kier alpha value is -1.72. The number of halogens is 17. The largest absolute Gasteiger partial charge is 0.477 e. The zero-order valence-electron chi connectivity index (χ0n) is 11.8. The van der Waals surface area contributed by atoms with E-state index in [-0.39, 0.29) is 0 Å². The molecule has 0 spiro atoms. The average molecular weight is 464 g/mol. The van der Waals surface area contributed by atoms with Gasteiger partial charge >= 0.3 is 53.6 Å². The van der Waals surface area contributed by atoms with Gasteiger partial charge in [0.1, 0.15) is 0 Å². The molecule has 0 amide bonds. The Bertz CT molecular complexity index is 568. The molecule has 1 atom stereocenters. The van der Waals surface area contributed by atoms with E-state index >= 15 is 0 Å². The average Bonchev–Trinajstić information content (AvgIpc) is 2.29. The SMILES string of the molecule is O=C(O)C(F)(F)C(F)(C(F)(F)F)C(F)(F)C(C(F)(F)F)(C(F)(F)F)C(F)(F)F. The van der Waals surface area contributed by atoms with Crippen LogP contribution in [0.2, 0.25) is 0 Å². The molecule has 0 radical (unpaired) electrons. The Kier molecular flexibility index (Phi) is 5.76.